The molecule has 7 nitrogen and oxygen atoms in total. The molecule has 0 atom stereocenters. The molecule has 0 saturated carbocycles. The topological polar surface area (TPSA) is 87.8 Å². The SMILES string of the molecule is CCCn1c(=O)n(CCCCN)c(=O)c2c1nc(CC)n2C. The fraction of sp³-hybridized carbons (Fsp3) is 0.667. The maximum absolute atomic E-state index is 12.7. The van der Waals surface area contributed by atoms with Crippen LogP contribution in [-0.2, 0) is 26.6 Å². The lowest BCUT2D eigenvalue weighted by Crippen LogP contribution is -2.40. The molecule has 0 aliphatic rings. The summed E-state index contributed by atoms with van der Waals surface area (Å²) < 4.78 is 4.76. The van der Waals surface area contributed by atoms with Gasteiger partial charge in [-0.3, -0.25) is 13.9 Å². The van der Waals surface area contributed by atoms with Crippen molar-refractivity contribution in [2.75, 3.05) is 6.54 Å². The molecule has 2 rings (SSSR count). The van der Waals surface area contributed by atoms with E-state index in [4.69, 9.17) is 5.73 Å². The first-order valence-electron chi connectivity index (χ1n) is 7.95. The highest BCUT2D eigenvalue weighted by Gasteiger charge is 2.18. The summed E-state index contributed by atoms with van der Waals surface area (Å²) in [7, 11) is 1.83. The van der Waals surface area contributed by atoms with Crippen molar-refractivity contribution < 1.29 is 0 Å². The van der Waals surface area contributed by atoms with Crippen LogP contribution in [0.1, 0.15) is 38.9 Å². The molecule has 0 aliphatic heterocycles. The predicted molar refractivity (Wildman–Crippen MR) is 87.2 cm³/mol. The molecule has 0 bridgehead atoms. The summed E-state index contributed by atoms with van der Waals surface area (Å²) in [5.41, 5.74) is 6.00. The molecule has 2 N–H and O–H groups in total. The number of aryl methyl sites for hydroxylation is 3. The molecule has 0 aromatic carbocycles. The molecule has 2 aromatic heterocycles. The summed E-state index contributed by atoms with van der Waals surface area (Å²) in [5, 5.41) is 0. The van der Waals surface area contributed by atoms with E-state index in [-0.39, 0.29) is 11.2 Å². The first kappa shape index (κ1) is 16.5. The second-order valence-electron chi connectivity index (χ2n) is 5.50. The maximum Gasteiger partial charge on any atom is 0.332 e. The van der Waals surface area contributed by atoms with E-state index in [0.29, 0.717) is 30.8 Å². The summed E-state index contributed by atoms with van der Waals surface area (Å²) in [6, 6.07) is 0. The van der Waals surface area contributed by atoms with E-state index < -0.39 is 0 Å². The van der Waals surface area contributed by atoms with Gasteiger partial charge in [0.15, 0.2) is 11.2 Å². The molecular formula is C15H25N5O2. The van der Waals surface area contributed by atoms with Crippen LogP contribution in [0.3, 0.4) is 0 Å². The van der Waals surface area contributed by atoms with Crippen LogP contribution < -0.4 is 17.0 Å². The third-order valence-corrected chi connectivity index (χ3v) is 3.93. The number of imidazole rings is 1. The van der Waals surface area contributed by atoms with Crippen LogP contribution in [0, 0.1) is 0 Å². The average molecular weight is 307 g/mol. The first-order chi connectivity index (χ1) is 10.6. The zero-order chi connectivity index (χ0) is 16.3. The Morgan fingerprint density at radius 1 is 1.09 bits per heavy atom. The van der Waals surface area contributed by atoms with Crippen molar-refractivity contribution in [3.05, 3.63) is 26.7 Å². The minimum absolute atomic E-state index is 0.251. The van der Waals surface area contributed by atoms with Crippen LogP contribution in [-0.4, -0.2) is 25.2 Å². The number of aromatic nitrogens is 4. The summed E-state index contributed by atoms with van der Waals surface area (Å²) in [5.74, 6) is 0.816. The second kappa shape index (κ2) is 6.91. The minimum Gasteiger partial charge on any atom is -0.330 e. The van der Waals surface area contributed by atoms with Crippen molar-refractivity contribution in [3.63, 3.8) is 0 Å². The van der Waals surface area contributed by atoms with E-state index in [1.807, 2.05) is 25.5 Å². The number of nitrogens with two attached hydrogens (primary N) is 1. The highest BCUT2D eigenvalue weighted by Crippen LogP contribution is 2.11. The lowest BCUT2D eigenvalue weighted by molar-refractivity contribution is 0.533. The highest BCUT2D eigenvalue weighted by atomic mass is 16.2. The lowest BCUT2D eigenvalue weighted by Gasteiger charge is -2.11. The molecule has 2 aromatic rings. The summed E-state index contributed by atoms with van der Waals surface area (Å²) in [6.07, 6.45) is 3.05. The number of unbranched alkanes of at least 4 members (excludes halogenated alkanes) is 1. The van der Waals surface area contributed by atoms with Crippen LogP contribution in [0.2, 0.25) is 0 Å². The van der Waals surface area contributed by atoms with Gasteiger partial charge in [-0.25, -0.2) is 9.78 Å². The average Bonchev–Trinajstić information content (AvgIpc) is 2.84. The molecule has 0 amide bonds. The second-order valence-corrected chi connectivity index (χ2v) is 5.50. The Morgan fingerprint density at radius 2 is 1.82 bits per heavy atom. The van der Waals surface area contributed by atoms with Gasteiger partial charge in [-0.05, 0) is 25.8 Å². The molecule has 22 heavy (non-hydrogen) atoms. The summed E-state index contributed by atoms with van der Waals surface area (Å²) >= 11 is 0. The third kappa shape index (κ3) is 2.72. The number of rotatable bonds is 7. The summed E-state index contributed by atoms with van der Waals surface area (Å²) in [4.78, 5) is 29.9. The molecule has 0 radical (unpaired) electrons. The Bertz CT molecular complexity index is 769. The van der Waals surface area contributed by atoms with E-state index in [2.05, 4.69) is 4.98 Å². The molecule has 122 valence electrons. The third-order valence-electron chi connectivity index (χ3n) is 3.93. The Balaban J connectivity index is 2.72. The van der Waals surface area contributed by atoms with Crippen molar-refractivity contribution in [3.8, 4) is 0 Å². The molecule has 0 spiro atoms. The van der Waals surface area contributed by atoms with E-state index in [9.17, 15) is 9.59 Å². The van der Waals surface area contributed by atoms with Gasteiger partial charge in [-0.1, -0.05) is 13.8 Å². The molecule has 2 heterocycles. The predicted octanol–water partition coefficient (Wildman–Crippen LogP) is 0.608. The molecule has 0 aliphatic carbocycles. The smallest absolute Gasteiger partial charge is 0.330 e. The highest BCUT2D eigenvalue weighted by molar-refractivity contribution is 5.71. The Hall–Kier alpha value is -1.89. The number of nitrogens with zero attached hydrogens (tertiary/aromatic N) is 4. The van der Waals surface area contributed by atoms with Crippen LogP contribution >= 0.6 is 0 Å². The van der Waals surface area contributed by atoms with Crippen molar-refractivity contribution in [2.24, 2.45) is 12.8 Å². The fourth-order valence-electron chi connectivity index (χ4n) is 2.76. The van der Waals surface area contributed by atoms with Gasteiger partial charge < -0.3 is 10.3 Å². The number of hydrogen-bond acceptors (Lipinski definition) is 4. The quantitative estimate of drug-likeness (QED) is 0.759. The molecule has 0 saturated heterocycles. The van der Waals surface area contributed by atoms with Gasteiger partial charge in [-0.15, -0.1) is 0 Å². The van der Waals surface area contributed by atoms with E-state index in [0.717, 1.165) is 31.5 Å². The van der Waals surface area contributed by atoms with Crippen LogP contribution in [0.4, 0.5) is 0 Å². The maximum atomic E-state index is 12.7. The normalized spacial score (nSPS) is 11.5. The van der Waals surface area contributed by atoms with E-state index >= 15 is 0 Å². The fourth-order valence-corrected chi connectivity index (χ4v) is 2.76. The van der Waals surface area contributed by atoms with Gasteiger partial charge in [0.25, 0.3) is 5.56 Å². The number of fused-ring (bicyclic) bond motifs is 1. The Labute approximate surface area is 129 Å². The Morgan fingerprint density at radius 3 is 2.41 bits per heavy atom. The van der Waals surface area contributed by atoms with Gasteiger partial charge in [0.2, 0.25) is 0 Å². The number of hydrogen-bond donors (Lipinski definition) is 1. The van der Waals surface area contributed by atoms with Crippen molar-refractivity contribution >= 4 is 11.2 Å². The molecule has 0 unspecified atom stereocenters. The zero-order valence-electron chi connectivity index (χ0n) is 13.6. The zero-order valence-corrected chi connectivity index (χ0v) is 13.6. The Kier molecular flexibility index (Phi) is 5.18. The van der Waals surface area contributed by atoms with Crippen LogP contribution in [0.25, 0.3) is 11.2 Å². The molecule has 7 heteroatoms. The van der Waals surface area contributed by atoms with E-state index in [1.165, 1.54) is 4.57 Å². The van der Waals surface area contributed by atoms with Gasteiger partial charge in [-0.2, -0.15) is 0 Å². The van der Waals surface area contributed by atoms with Gasteiger partial charge >= 0.3 is 5.69 Å². The van der Waals surface area contributed by atoms with Gasteiger partial charge in [0, 0.05) is 26.6 Å². The lowest BCUT2D eigenvalue weighted by atomic mass is 10.3. The van der Waals surface area contributed by atoms with E-state index in [1.54, 1.807) is 4.57 Å². The molecule has 0 fully saturated rings. The summed E-state index contributed by atoms with van der Waals surface area (Å²) in [6.45, 7) is 5.52. The molecular weight excluding hydrogens is 282 g/mol. The largest absolute Gasteiger partial charge is 0.332 e. The van der Waals surface area contributed by atoms with Crippen LogP contribution in [0.15, 0.2) is 9.59 Å². The minimum atomic E-state index is -0.267. The van der Waals surface area contributed by atoms with Crippen molar-refractivity contribution in [1.29, 1.82) is 0 Å². The van der Waals surface area contributed by atoms with Crippen molar-refractivity contribution in [2.45, 2.75) is 52.6 Å². The first-order valence-corrected chi connectivity index (χ1v) is 7.95. The van der Waals surface area contributed by atoms with Gasteiger partial charge in [0.05, 0.1) is 0 Å². The van der Waals surface area contributed by atoms with Crippen molar-refractivity contribution in [1.82, 2.24) is 18.7 Å². The van der Waals surface area contributed by atoms with Crippen LogP contribution in [0.5, 0.6) is 0 Å². The standard InChI is InChI=1S/C15H25N5O2/c1-4-9-19-13-12(18(3)11(5-2)17-13)14(21)20(15(19)22)10-7-6-8-16/h4-10,16H2,1-3H3. The van der Waals surface area contributed by atoms with Gasteiger partial charge in [0.1, 0.15) is 5.82 Å². The monoisotopic (exact) mass is 307 g/mol.